The Morgan fingerprint density at radius 1 is 1.32 bits per heavy atom. The monoisotopic (exact) mass is 274 g/mol. The van der Waals surface area contributed by atoms with E-state index in [1.54, 1.807) is 0 Å². The highest BCUT2D eigenvalue weighted by Crippen LogP contribution is 2.20. The van der Waals surface area contributed by atoms with E-state index in [0.717, 1.165) is 24.1 Å². The van der Waals surface area contributed by atoms with Gasteiger partial charge in [-0.2, -0.15) is 0 Å². The topological polar surface area (TPSA) is 15.3 Å². The van der Waals surface area contributed by atoms with Gasteiger partial charge in [0.05, 0.1) is 0 Å². The van der Waals surface area contributed by atoms with Crippen LogP contribution in [0.1, 0.15) is 24.8 Å². The van der Waals surface area contributed by atoms with Crippen LogP contribution in [0.15, 0.2) is 42.5 Å². The number of hydrogen-bond donors (Lipinski definition) is 1. The Balaban J connectivity index is 1.99. The van der Waals surface area contributed by atoms with Crippen LogP contribution in [-0.2, 0) is 6.54 Å². The van der Waals surface area contributed by atoms with E-state index in [4.69, 9.17) is 12.2 Å². The van der Waals surface area contributed by atoms with Gasteiger partial charge in [-0.15, -0.1) is 0 Å². The molecule has 1 atom stereocenters. The van der Waals surface area contributed by atoms with Crippen molar-refractivity contribution in [3.05, 3.63) is 48.0 Å². The van der Waals surface area contributed by atoms with Crippen molar-refractivity contribution < 1.29 is 0 Å². The van der Waals surface area contributed by atoms with Gasteiger partial charge in [-0.3, -0.25) is 0 Å². The number of thiocarbonyl (C=S) groups is 1. The van der Waals surface area contributed by atoms with Crippen molar-refractivity contribution in [3.63, 3.8) is 0 Å². The van der Waals surface area contributed by atoms with Gasteiger partial charge in [-0.1, -0.05) is 42.5 Å². The van der Waals surface area contributed by atoms with Gasteiger partial charge < -0.3 is 10.2 Å². The molecule has 0 bridgehead atoms. The molecule has 0 fully saturated rings. The summed E-state index contributed by atoms with van der Waals surface area (Å²) < 4.78 is 0. The summed E-state index contributed by atoms with van der Waals surface area (Å²) in [6.07, 6.45) is 8.24. The second kappa shape index (κ2) is 7.29. The fourth-order valence-electron chi connectivity index (χ4n) is 2.51. The molecule has 19 heavy (non-hydrogen) atoms. The first-order chi connectivity index (χ1) is 9.29. The zero-order valence-corrected chi connectivity index (χ0v) is 12.3. The van der Waals surface area contributed by atoms with Crippen LogP contribution in [0.2, 0.25) is 0 Å². The van der Waals surface area contributed by atoms with Crippen molar-refractivity contribution in [3.8, 4) is 0 Å². The summed E-state index contributed by atoms with van der Waals surface area (Å²) in [6, 6.07) is 10.5. The van der Waals surface area contributed by atoms with Crippen molar-refractivity contribution >= 4 is 17.3 Å². The molecule has 1 aromatic carbocycles. The van der Waals surface area contributed by atoms with Crippen LogP contribution >= 0.6 is 12.2 Å². The van der Waals surface area contributed by atoms with Gasteiger partial charge in [-0.05, 0) is 43.0 Å². The van der Waals surface area contributed by atoms with Crippen LogP contribution in [0.5, 0.6) is 0 Å². The lowest BCUT2D eigenvalue weighted by molar-refractivity contribution is 0.314. The summed E-state index contributed by atoms with van der Waals surface area (Å²) in [4.78, 5) is 2.29. The minimum absolute atomic E-state index is 0.722. The molecule has 1 aromatic rings. The average Bonchev–Trinajstić information content (AvgIpc) is 2.48. The van der Waals surface area contributed by atoms with Gasteiger partial charge in [-0.25, -0.2) is 0 Å². The molecule has 0 aliphatic heterocycles. The maximum absolute atomic E-state index is 5.44. The van der Waals surface area contributed by atoms with Crippen LogP contribution in [0.4, 0.5) is 0 Å². The van der Waals surface area contributed by atoms with Gasteiger partial charge in [0.15, 0.2) is 5.11 Å². The lowest BCUT2D eigenvalue weighted by atomic mass is 9.94. The fourth-order valence-corrected chi connectivity index (χ4v) is 2.65. The number of allylic oxidation sites excluding steroid dienone is 2. The van der Waals surface area contributed by atoms with Crippen LogP contribution in [0.3, 0.4) is 0 Å². The number of nitrogens with one attached hydrogen (secondary N) is 1. The quantitative estimate of drug-likeness (QED) is 0.669. The lowest BCUT2D eigenvalue weighted by Crippen LogP contribution is -2.40. The van der Waals surface area contributed by atoms with E-state index < -0.39 is 0 Å². The first kappa shape index (κ1) is 14.1. The summed E-state index contributed by atoms with van der Waals surface area (Å²) in [7, 11) is 1.90. The molecule has 0 unspecified atom stereocenters. The summed E-state index contributed by atoms with van der Waals surface area (Å²) in [5.74, 6) is 0.722. The van der Waals surface area contributed by atoms with Gasteiger partial charge in [0.1, 0.15) is 0 Å². The lowest BCUT2D eigenvalue weighted by Gasteiger charge is -2.30. The summed E-state index contributed by atoms with van der Waals surface area (Å²) in [5.41, 5.74) is 1.31. The summed E-state index contributed by atoms with van der Waals surface area (Å²) >= 11 is 5.44. The first-order valence-corrected chi connectivity index (χ1v) is 7.36. The Bertz CT molecular complexity index is 428. The average molecular weight is 274 g/mol. The maximum atomic E-state index is 5.44. The van der Waals surface area contributed by atoms with E-state index in [0.29, 0.717) is 0 Å². The zero-order chi connectivity index (χ0) is 13.5. The molecular weight excluding hydrogens is 252 g/mol. The molecule has 3 heteroatoms. The Labute approximate surface area is 121 Å². The molecule has 0 saturated carbocycles. The van der Waals surface area contributed by atoms with E-state index in [1.807, 2.05) is 7.05 Å². The van der Waals surface area contributed by atoms with E-state index in [9.17, 15) is 0 Å². The van der Waals surface area contributed by atoms with Crippen LogP contribution < -0.4 is 5.32 Å². The number of benzene rings is 1. The SMILES string of the molecule is CNC(=S)N(Cc1ccccc1)C[C@@H]1CC=CCC1. The third-order valence-corrected chi connectivity index (χ3v) is 4.04. The van der Waals surface area contributed by atoms with Gasteiger partial charge in [0, 0.05) is 20.1 Å². The second-order valence-electron chi connectivity index (χ2n) is 5.07. The van der Waals surface area contributed by atoms with Crippen molar-refractivity contribution in [1.82, 2.24) is 10.2 Å². The molecule has 1 aliphatic rings. The molecule has 0 heterocycles. The van der Waals surface area contributed by atoms with E-state index in [2.05, 4.69) is 52.7 Å². The molecule has 1 aliphatic carbocycles. The van der Waals surface area contributed by atoms with Crippen LogP contribution in [0, 0.1) is 5.92 Å². The van der Waals surface area contributed by atoms with Crippen molar-refractivity contribution in [2.45, 2.75) is 25.8 Å². The standard InChI is InChI=1S/C16H22N2S/c1-17-16(19)18(12-14-8-4-2-5-9-14)13-15-10-6-3-7-11-15/h2-6,8-9,15H,7,10-13H2,1H3,(H,17,19)/t15-/m1/s1. The molecule has 0 radical (unpaired) electrons. The minimum atomic E-state index is 0.722. The maximum Gasteiger partial charge on any atom is 0.168 e. The highest BCUT2D eigenvalue weighted by atomic mass is 32.1. The number of hydrogen-bond acceptors (Lipinski definition) is 1. The van der Waals surface area contributed by atoms with Gasteiger partial charge in [0.25, 0.3) is 0 Å². The normalized spacial score (nSPS) is 18.1. The zero-order valence-electron chi connectivity index (χ0n) is 11.5. The highest BCUT2D eigenvalue weighted by molar-refractivity contribution is 7.80. The molecule has 102 valence electrons. The molecule has 0 amide bonds. The number of nitrogens with zero attached hydrogens (tertiary/aromatic N) is 1. The molecule has 0 saturated heterocycles. The molecule has 2 rings (SSSR count). The molecule has 1 N–H and O–H groups in total. The van der Waals surface area contributed by atoms with Gasteiger partial charge in [0.2, 0.25) is 0 Å². The van der Waals surface area contributed by atoms with Crippen molar-refractivity contribution in [1.29, 1.82) is 0 Å². The van der Waals surface area contributed by atoms with Crippen molar-refractivity contribution in [2.75, 3.05) is 13.6 Å². The molecule has 2 nitrogen and oxygen atoms in total. The minimum Gasteiger partial charge on any atom is -0.366 e. The van der Waals surface area contributed by atoms with E-state index in [1.165, 1.54) is 24.8 Å². The molecule has 0 spiro atoms. The van der Waals surface area contributed by atoms with E-state index in [-0.39, 0.29) is 0 Å². The highest BCUT2D eigenvalue weighted by Gasteiger charge is 2.16. The third-order valence-electron chi connectivity index (χ3n) is 3.57. The van der Waals surface area contributed by atoms with Crippen LogP contribution in [-0.4, -0.2) is 23.6 Å². The Kier molecular flexibility index (Phi) is 5.40. The number of rotatable bonds is 4. The summed E-state index contributed by atoms with van der Waals surface area (Å²) in [5, 5.41) is 3.96. The predicted molar refractivity (Wildman–Crippen MR) is 85.0 cm³/mol. The largest absolute Gasteiger partial charge is 0.366 e. The summed E-state index contributed by atoms with van der Waals surface area (Å²) in [6.45, 7) is 1.93. The van der Waals surface area contributed by atoms with Crippen molar-refractivity contribution in [2.24, 2.45) is 5.92 Å². The third kappa shape index (κ3) is 4.35. The van der Waals surface area contributed by atoms with Gasteiger partial charge >= 0.3 is 0 Å². The molecule has 0 aromatic heterocycles. The smallest absolute Gasteiger partial charge is 0.168 e. The first-order valence-electron chi connectivity index (χ1n) is 6.95. The van der Waals surface area contributed by atoms with E-state index >= 15 is 0 Å². The Morgan fingerprint density at radius 2 is 2.11 bits per heavy atom. The predicted octanol–water partition coefficient (Wildman–Crippen LogP) is 3.35. The second-order valence-corrected chi connectivity index (χ2v) is 5.46. The Morgan fingerprint density at radius 3 is 2.74 bits per heavy atom. The molecular formula is C16H22N2S. The Hall–Kier alpha value is -1.35. The fraction of sp³-hybridized carbons (Fsp3) is 0.438. The van der Waals surface area contributed by atoms with Crippen LogP contribution in [0.25, 0.3) is 0 Å².